The number of aldehydes is 1. The molecule has 0 aromatic heterocycles. The second-order valence-corrected chi connectivity index (χ2v) is 2.64. The molecule has 0 aromatic carbocycles. The molecular weight excluding hydrogens is 168 g/mol. The predicted molar refractivity (Wildman–Crippen MR) is 43.0 cm³/mol. The summed E-state index contributed by atoms with van der Waals surface area (Å²) in [6.07, 6.45) is 4.47. The highest BCUT2D eigenvalue weighted by molar-refractivity contribution is 5.77. The monoisotopic (exact) mass is 174 g/mol. The van der Waals surface area contributed by atoms with E-state index in [2.05, 4.69) is 0 Å². The summed E-state index contributed by atoms with van der Waals surface area (Å²) in [5, 5.41) is 26.9. The average molecular weight is 174 g/mol. The minimum absolute atomic E-state index is 0.119. The molecule has 1 aliphatic rings. The van der Waals surface area contributed by atoms with Gasteiger partial charge in [-0.15, -0.1) is 0 Å². The normalized spacial score (nSPS) is 31.3. The molecule has 2 unspecified atom stereocenters. The van der Waals surface area contributed by atoms with Gasteiger partial charge in [-0.1, -0.05) is 12.2 Å². The van der Waals surface area contributed by atoms with E-state index in [0.29, 0.717) is 6.29 Å². The Morgan fingerprint density at radius 3 is 2.77 bits per heavy atom. The highest BCUT2D eigenvalue weighted by Crippen LogP contribution is 2.27. The minimum atomic E-state index is -1.88. The van der Waals surface area contributed by atoms with Crippen LogP contribution in [0.4, 0.5) is 0 Å². The molecule has 0 heterocycles. The third kappa shape index (κ3) is 1.35. The van der Waals surface area contributed by atoms with Gasteiger partial charge < -0.3 is 5.11 Å². The fourth-order valence-electron chi connectivity index (χ4n) is 1.13. The van der Waals surface area contributed by atoms with Gasteiger partial charge in [0.05, 0.1) is 6.07 Å². The van der Waals surface area contributed by atoms with Crippen LogP contribution in [0.2, 0.25) is 0 Å². The zero-order chi connectivity index (χ0) is 9.90. The fourth-order valence-corrected chi connectivity index (χ4v) is 1.13. The molecule has 2 atom stereocenters. The molecule has 4 heteroatoms. The van der Waals surface area contributed by atoms with Crippen molar-refractivity contribution in [2.45, 2.75) is 5.60 Å². The van der Waals surface area contributed by atoms with Crippen LogP contribution in [-0.2, 0) is 4.79 Å². The molecule has 1 rings (SSSR count). The van der Waals surface area contributed by atoms with E-state index in [1.54, 1.807) is 12.1 Å². The largest absolute Gasteiger partial charge is 0.371 e. The van der Waals surface area contributed by atoms with Crippen molar-refractivity contribution < 1.29 is 9.90 Å². The summed E-state index contributed by atoms with van der Waals surface area (Å²) in [5.41, 5.74) is -1.76. The van der Waals surface area contributed by atoms with Gasteiger partial charge in [0.25, 0.3) is 0 Å². The van der Waals surface area contributed by atoms with Crippen LogP contribution in [0.1, 0.15) is 0 Å². The summed E-state index contributed by atoms with van der Waals surface area (Å²) in [5.74, 6) is -1.10. The van der Waals surface area contributed by atoms with Crippen molar-refractivity contribution in [3.8, 4) is 12.1 Å². The van der Waals surface area contributed by atoms with Gasteiger partial charge in [-0.2, -0.15) is 10.5 Å². The van der Waals surface area contributed by atoms with Crippen molar-refractivity contribution in [2.75, 3.05) is 0 Å². The quantitative estimate of drug-likeness (QED) is 0.450. The summed E-state index contributed by atoms with van der Waals surface area (Å²) in [6.45, 7) is 0. The van der Waals surface area contributed by atoms with E-state index in [1.807, 2.05) is 0 Å². The number of carbonyl (C=O) groups is 1. The lowest BCUT2D eigenvalue weighted by atomic mass is 9.81. The summed E-state index contributed by atoms with van der Waals surface area (Å²) in [6, 6.07) is 3.32. The van der Waals surface area contributed by atoms with E-state index in [0.717, 1.165) is 0 Å². The molecule has 64 valence electrons. The second kappa shape index (κ2) is 3.22. The Kier molecular flexibility index (Phi) is 2.27. The maximum Gasteiger partial charge on any atom is 0.190 e. The first-order valence-corrected chi connectivity index (χ1v) is 3.56. The van der Waals surface area contributed by atoms with Crippen molar-refractivity contribution in [3.63, 3.8) is 0 Å². The van der Waals surface area contributed by atoms with Crippen molar-refractivity contribution in [1.82, 2.24) is 0 Å². The van der Waals surface area contributed by atoms with E-state index in [-0.39, 0.29) is 5.57 Å². The maximum absolute atomic E-state index is 10.5. The van der Waals surface area contributed by atoms with Gasteiger partial charge in [0, 0.05) is 5.57 Å². The minimum Gasteiger partial charge on any atom is -0.371 e. The number of hydrogen-bond donors (Lipinski definition) is 1. The molecule has 1 N–H and O–H groups in total. The van der Waals surface area contributed by atoms with Crippen LogP contribution in [0.5, 0.6) is 0 Å². The van der Waals surface area contributed by atoms with Gasteiger partial charge in [-0.05, 0) is 6.08 Å². The Labute approximate surface area is 75.0 Å². The Hall–Kier alpha value is -1.91. The molecular formula is C9H6N2O2. The van der Waals surface area contributed by atoms with Gasteiger partial charge in [-0.25, -0.2) is 0 Å². The smallest absolute Gasteiger partial charge is 0.190 e. The van der Waals surface area contributed by atoms with Gasteiger partial charge in [-0.3, -0.25) is 4.79 Å². The number of allylic oxidation sites excluding steroid dienone is 2. The van der Waals surface area contributed by atoms with Crippen LogP contribution in [0.3, 0.4) is 0 Å². The molecule has 4 nitrogen and oxygen atoms in total. The first-order chi connectivity index (χ1) is 6.18. The highest BCUT2D eigenvalue weighted by Gasteiger charge is 2.38. The van der Waals surface area contributed by atoms with Gasteiger partial charge >= 0.3 is 0 Å². The van der Waals surface area contributed by atoms with Crippen LogP contribution in [0.15, 0.2) is 23.8 Å². The fraction of sp³-hybridized carbons (Fsp3) is 0.222. The number of nitriles is 2. The molecule has 0 bridgehead atoms. The molecule has 0 amide bonds. The number of aliphatic hydroxyl groups is 1. The number of hydrogen-bond acceptors (Lipinski definition) is 4. The molecule has 0 fully saturated rings. The van der Waals surface area contributed by atoms with Crippen LogP contribution in [-0.4, -0.2) is 17.0 Å². The van der Waals surface area contributed by atoms with E-state index in [1.165, 1.54) is 18.2 Å². The van der Waals surface area contributed by atoms with Crippen molar-refractivity contribution in [2.24, 2.45) is 5.92 Å². The number of carbonyl (C=O) groups excluding carboxylic acids is 1. The van der Waals surface area contributed by atoms with Crippen LogP contribution < -0.4 is 0 Å². The number of rotatable bonds is 1. The average Bonchev–Trinajstić information content (AvgIpc) is 2.17. The van der Waals surface area contributed by atoms with Gasteiger partial charge in [0.2, 0.25) is 0 Å². The lowest BCUT2D eigenvalue weighted by molar-refractivity contribution is -0.105. The van der Waals surface area contributed by atoms with Crippen molar-refractivity contribution in [3.05, 3.63) is 23.8 Å². The molecule has 1 aliphatic carbocycles. The molecule has 13 heavy (non-hydrogen) atoms. The summed E-state index contributed by atoms with van der Waals surface area (Å²) in [7, 11) is 0. The number of nitrogens with zero attached hydrogens (tertiary/aromatic N) is 2. The zero-order valence-electron chi connectivity index (χ0n) is 6.64. The lowest BCUT2D eigenvalue weighted by Crippen LogP contribution is -2.36. The van der Waals surface area contributed by atoms with Crippen molar-refractivity contribution >= 4 is 6.29 Å². The summed E-state index contributed by atoms with van der Waals surface area (Å²) < 4.78 is 0. The first kappa shape index (κ1) is 9.18. The molecule has 0 saturated heterocycles. The standard InChI is InChI=1S/C9H6N2O2/c10-4-8-7(5-12)2-1-3-9(8,13)6-11/h1-3,5,8,13H. The van der Waals surface area contributed by atoms with E-state index >= 15 is 0 Å². The maximum atomic E-state index is 10.5. The molecule has 0 saturated carbocycles. The molecule has 0 aliphatic heterocycles. The molecule has 0 radical (unpaired) electrons. The highest BCUT2D eigenvalue weighted by atomic mass is 16.3. The Bertz CT molecular complexity index is 370. The predicted octanol–water partition coefficient (Wildman–Crippen LogP) is 0.0760. The summed E-state index contributed by atoms with van der Waals surface area (Å²) in [4.78, 5) is 10.5. The van der Waals surface area contributed by atoms with Crippen LogP contribution in [0.25, 0.3) is 0 Å². The Balaban J connectivity index is 3.18. The third-order valence-corrected chi connectivity index (χ3v) is 1.86. The van der Waals surface area contributed by atoms with E-state index in [4.69, 9.17) is 10.5 Å². The van der Waals surface area contributed by atoms with Crippen LogP contribution in [0, 0.1) is 28.6 Å². The third-order valence-electron chi connectivity index (χ3n) is 1.86. The Morgan fingerprint density at radius 2 is 2.31 bits per heavy atom. The lowest BCUT2D eigenvalue weighted by Gasteiger charge is -2.23. The van der Waals surface area contributed by atoms with Gasteiger partial charge in [0.1, 0.15) is 18.3 Å². The SMILES string of the molecule is N#CC1C(C=O)=CC=CC1(O)C#N. The van der Waals surface area contributed by atoms with Crippen molar-refractivity contribution in [1.29, 1.82) is 10.5 Å². The summed E-state index contributed by atoms with van der Waals surface area (Å²) >= 11 is 0. The van der Waals surface area contributed by atoms with Crippen LogP contribution >= 0.6 is 0 Å². The first-order valence-electron chi connectivity index (χ1n) is 3.56. The molecule has 0 spiro atoms. The Morgan fingerprint density at radius 1 is 1.62 bits per heavy atom. The van der Waals surface area contributed by atoms with Gasteiger partial charge in [0.15, 0.2) is 5.60 Å². The van der Waals surface area contributed by atoms with E-state index < -0.39 is 11.5 Å². The van der Waals surface area contributed by atoms with E-state index in [9.17, 15) is 9.90 Å². The second-order valence-electron chi connectivity index (χ2n) is 2.64. The zero-order valence-corrected chi connectivity index (χ0v) is 6.64. The molecule has 0 aromatic rings. The topological polar surface area (TPSA) is 84.9 Å².